The molecule has 0 N–H and O–H groups in total. The molecule has 2 heterocycles. The van der Waals surface area contributed by atoms with Crippen molar-refractivity contribution < 1.29 is 17.9 Å². The van der Waals surface area contributed by atoms with Crippen molar-refractivity contribution in [2.24, 2.45) is 5.92 Å². The van der Waals surface area contributed by atoms with Gasteiger partial charge in [0.2, 0.25) is 0 Å². The van der Waals surface area contributed by atoms with Crippen LogP contribution in [0.5, 0.6) is 0 Å². The van der Waals surface area contributed by atoms with E-state index in [9.17, 15) is 8.42 Å². The van der Waals surface area contributed by atoms with Crippen LogP contribution in [0.3, 0.4) is 0 Å². The maximum atomic E-state index is 11.1. The second kappa shape index (κ2) is 5.65. The molecule has 17 heavy (non-hydrogen) atoms. The molecule has 2 fully saturated rings. The molecule has 2 saturated heterocycles. The molecule has 100 valence electrons. The third-order valence-corrected chi connectivity index (χ3v) is 4.28. The van der Waals surface area contributed by atoms with Crippen LogP contribution in [-0.4, -0.2) is 64.5 Å². The van der Waals surface area contributed by atoms with Gasteiger partial charge in [-0.15, -0.1) is 0 Å². The Labute approximate surface area is 103 Å². The second-order valence-corrected chi connectivity index (χ2v) is 7.20. The number of rotatable bonds is 4. The highest BCUT2D eigenvalue weighted by Crippen LogP contribution is 2.24. The minimum Gasteiger partial charge on any atom is -0.350 e. The van der Waals surface area contributed by atoms with Crippen LogP contribution in [0.1, 0.15) is 12.8 Å². The average molecular weight is 263 g/mol. The zero-order chi connectivity index (χ0) is 12.3. The van der Waals surface area contributed by atoms with Gasteiger partial charge in [-0.1, -0.05) is 0 Å². The predicted molar refractivity (Wildman–Crippen MR) is 64.6 cm³/mol. The number of hydrogen-bond donors (Lipinski definition) is 0. The van der Waals surface area contributed by atoms with Crippen molar-refractivity contribution in [1.29, 1.82) is 0 Å². The van der Waals surface area contributed by atoms with Gasteiger partial charge in [-0.3, -0.25) is 0 Å². The molecule has 2 aliphatic heterocycles. The highest BCUT2D eigenvalue weighted by Gasteiger charge is 2.31. The topological polar surface area (TPSA) is 55.8 Å². The zero-order valence-electron chi connectivity index (χ0n) is 10.3. The lowest BCUT2D eigenvalue weighted by molar-refractivity contribution is -0.0995. The molecule has 0 aromatic heterocycles. The fraction of sp³-hybridized carbons (Fsp3) is 1.00. The number of hydrogen-bond acceptors (Lipinski definition) is 5. The molecule has 0 radical (unpaired) electrons. The van der Waals surface area contributed by atoms with Gasteiger partial charge >= 0.3 is 0 Å². The minimum absolute atomic E-state index is 0.0731. The number of piperidine rings is 1. The van der Waals surface area contributed by atoms with Crippen molar-refractivity contribution in [2.45, 2.75) is 19.1 Å². The summed E-state index contributed by atoms with van der Waals surface area (Å²) < 4.78 is 33.3. The van der Waals surface area contributed by atoms with Crippen LogP contribution in [0.2, 0.25) is 0 Å². The van der Waals surface area contributed by atoms with Crippen molar-refractivity contribution in [1.82, 2.24) is 4.90 Å². The predicted octanol–water partition coefficient (Wildman–Crippen LogP) is 0.116. The maximum absolute atomic E-state index is 11.1. The summed E-state index contributed by atoms with van der Waals surface area (Å²) in [6.07, 6.45) is 3.42. The third kappa shape index (κ3) is 4.21. The molecular weight excluding hydrogens is 242 g/mol. The summed E-state index contributed by atoms with van der Waals surface area (Å²) >= 11 is 0. The average Bonchev–Trinajstić information content (AvgIpc) is 2.79. The van der Waals surface area contributed by atoms with E-state index in [1.807, 2.05) is 0 Å². The van der Waals surface area contributed by atoms with E-state index in [2.05, 4.69) is 4.90 Å². The normalized spacial score (nSPS) is 28.6. The summed E-state index contributed by atoms with van der Waals surface area (Å²) in [5.74, 6) is 0.636. The van der Waals surface area contributed by atoms with Crippen LogP contribution in [-0.2, 0) is 19.3 Å². The second-order valence-electron chi connectivity index (χ2n) is 4.94. The Hall–Kier alpha value is -0.170. The van der Waals surface area contributed by atoms with E-state index in [1.54, 1.807) is 0 Å². The van der Waals surface area contributed by atoms with E-state index in [0.717, 1.165) is 25.9 Å². The number of sulfone groups is 1. The summed E-state index contributed by atoms with van der Waals surface area (Å²) in [7, 11) is -2.86. The molecule has 0 saturated carbocycles. The van der Waals surface area contributed by atoms with Crippen LogP contribution < -0.4 is 0 Å². The smallest absolute Gasteiger partial charge is 0.161 e. The zero-order valence-corrected chi connectivity index (χ0v) is 11.1. The summed E-state index contributed by atoms with van der Waals surface area (Å²) in [4.78, 5) is 2.21. The summed E-state index contributed by atoms with van der Waals surface area (Å²) in [5.41, 5.74) is 0. The van der Waals surface area contributed by atoms with Gasteiger partial charge in [-0.2, -0.15) is 0 Å². The summed E-state index contributed by atoms with van der Waals surface area (Å²) in [6.45, 7) is 3.87. The number of ether oxygens (including phenoxy) is 2. The molecule has 0 bridgehead atoms. The highest BCUT2D eigenvalue weighted by atomic mass is 32.2. The largest absolute Gasteiger partial charge is 0.350 e. The Morgan fingerprint density at radius 3 is 2.65 bits per heavy atom. The van der Waals surface area contributed by atoms with E-state index in [-0.39, 0.29) is 12.0 Å². The Bertz CT molecular complexity index is 337. The number of likely N-dealkylation sites (tertiary alicyclic amines) is 1. The van der Waals surface area contributed by atoms with E-state index in [4.69, 9.17) is 9.47 Å². The fourth-order valence-electron chi connectivity index (χ4n) is 2.46. The molecule has 0 amide bonds. The molecule has 6 heteroatoms. The first-order chi connectivity index (χ1) is 8.04. The van der Waals surface area contributed by atoms with E-state index < -0.39 is 9.84 Å². The third-order valence-electron chi connectivity index (χ3n) is 3.35. The van der Waals surface area contributed by atoms with Crippen LogP contribution in [0.4, 0.5) is 0 Å². The molecule has 1 atom stereocenters. The monoisotopic (exact) mass is 263 g/mol. The lowest BCUT2D eigenvalue weighted by atomic mass is 9.97. The molecule has 1 unspecified atom stereocenters. The SMILES string of the molecule is CS(=O)(=O)CCN1CCCC(C2OCCO2)C1. The Kier molecular flexibility index (Phi) is 4.41. The Morgan fingerprint density at radius 2 is 2.00 bits per heavy atom. The van der Waals surface area contributed by atoms with Crippen molar-refractivity contribution in [3.8, 4) is 0 Å². The molecule has 2 rings (SSSR count). The molecule has 0 aromatic carbocycles. The van der Waals surface area contributed by atoms with Crippen molar-refractivity contribution >= 4 is 9.84 Å². The molecule has 2 aliphatic rings. The van der Waals surface area contributed by atoms with Crippen molar-refractivity contribution in [2.75, 3.05) is 44.9 Å². The van der Waals surface area contributed by atoms with E-state index >= 15 is 0 Å². The fourth-order valence-corrected chi connectivity index (χ4v) is 3.05. The molecule has 0 aliphatic carbocycles. The van der Waals surface area contributed by atoms with Gasteiger partial charge in [-0.05, 0) is 19.4 Å². The van der Waals surface area contributed by atoms with Gasteiger partial charge in [0, 0.05) is 25.3 Å². The van der Waals surface area contributed by atoms with Gasteiger partial charge in [0.25, 0.3) is 0 Å². The maximum Gasteiger partial charge on any atom is 0.161 e. The van der Waals surface area contributed by atoms with Crippen molar-refractivity contribution in [3.63, 3.8) is 0 Å². The minimum atomic E-state index is -2.86. The lowest BCUT2D eigenvalue weighted by Crippen LogP contribution is -2.42. The Morgan fingerprint density at radius 1 is 1.29 bits per heavy atom. The lowest BCUT2D eigenvalue weighted by Gasteiger charge is -2.34. The van der Waals surface area contributed by atoms with Crippen LogP contribution >= 0.6 is 0 Å². The first-order valence-corrected chi connectivity index (χ1v) is 8.24. The summed E-state index contributed by atoms with van der Waals surface area (Å²) in [5, 5.41) is 0. The molecular formula is C11H21NO4S. The van der Waals surface area contributed by atoms with Gasteiger partial charge in [0.1, 0.15) is 9.84 Å². The first kappa shape index (κ1) is 13.3. The van der Waals surface area contributed by atoms with E-state index in [0.29, 0.717) is 25.7 Å². The van der Waals surface area contributed by atoms with E-state index in [1.165, 1.54) is 6.26 Å². The van der Waals surface area contributed by atoms with Crippen LogP contribution in [0, 0.1) is 5.92 Å². The Balaban J connectivity index is 1.80. The first-order valence-electron chi connectivity index (χ1n) is 6.18. The van der Waals surface area contributed by atoms with Crippen LogP contribution in [0.25, 0.3) is 0 Å². The summed E-state index contributed by atoms with van der Waals surface area (Å²) in [6, 6.07) is 0. The quantitative estimate of drug-likeness (QED) is 0.721. The van der Waals surface area contributed by atoms with Gasteiger partial charge in [0.05, 0.1) is 19.0 Å². The van der Waals surface area contributed by atoms with Gasteiger partial charge in [0.15, 0.2) is 6.29 Å². The highest BCUT2D eigenvalue weighted by molar-refractivity contribution is 7.90. The standard InChI is InChI=1S/C11H21NO4S/c1-17(13,14)8-5-12-4-2-3-10(9-12)11-15-6-7-16-11/h10-11H,2-9H2,1H3. The molecule has 0 aromatic rings. The van der Waals surface area contributed by atoms with Crippen molar-refractivity contribution in [3.05, 3.63) is 0 Å². The van der Waals surface area contributed by atoms with Crippen LogP contribution in [0.15, 0.2) is 0 Å². The van der Waals surface area contributed by atoms with Gasteiger partial charge in [-0.25, -0.2) is 8.42 Å². The molecule has 5 nitrogen and oxygen atoms in total. The molecule has 0 spiro atoms. The van der Waals surface area contributed by atoms with Gasteiger partial charge < -0.3 is 14.4 Å². The number of nitrogens with zero attached hydrogens (tertiary/aromatic N) is 1.